The van der Waals surface area contributed by atoms with Crippen LogP contribution >= 0.6 is 0 Å². The van der Waals surface area contributed by atoms with Crippen molar-refractivity contribution in [3.05, 3.63) is 110 Å². The van der Waals surface area contributed by atoms with Crippen LogP contribution in [0.5, 0.6) is 17.2 Å². The Morgan fingerprint density at radius 2 is 1.75 bits per heavy atom. The number of carbonyl (C=O) groups excluding carboxylic acids is 4. The number of phenolic OH excluding ortho intramolecular Hbond substituents is 1. The van der Waals surface area contributed by atoms with Gasteiger partial charge in [0.2, 0.25) is 12.1 Å². The van der Waals surface area contributed by atoms with Crippen LogP contribution in [-0.4, -0.2) is 147 Å². The van der Waals surface area contributed by atoms with Gasteiger partial charge in [0.05, 0.1) is 49.5 Å². The molecule has 0 saturated carbocycles. The number of aromatic hydroxyl groups is 1. The second-order valence-corrected chi connectivity index (χ2v) is 19.5. The van der Waals surface area contributed by atoms with Gasteiger partial charge in [0.1, 0.15) is 41.2 Å². The number of guanidine groups is 1. The first-order valence-corrected chi connectivity index (χ1v) is 24.3. The number of allylic oxidation sites excluding steroid dienone is 3. The minimum atomic E-state index is -2.49. The molecule has 22 nitrogen and oxygen atoms in total. The van der Waals surface area contributed by atoms with E-state index in [1.165, 1.54) is 26.3 Å². The third-order valence-electron chi connectivity index (χ3n) is 15.6. The van der Waals surface area contributed by atoms with Crippen LogP contribution in [0, 0.1) is 17.8 Å². The lowest BCUT2D eigenvalue weighted by Gasteiger charge is -2.49. The van der Waals surface area contributed by atoms with Crippen molar-refractivity contribution in [1.29, 1.82) is 0 Å². The number of nitrogens with zero attached hydrogens (tertiary/aromatic N) is 2. The standard InChI is InChI=1S/C51H62N8O14/c1-55-50(54)58-29-7-6-26-37(24-4-8-33(52)57-18-24)22(12-14-60)3-5-27-38(26)41(29)45(66)43-39(27)44(65)40-28(20-61)30(71-2)16-31(42(40)46(43)67)72-49-47(68)48(69)51(70,32(21-62)73-49)17-25(23-11-13-56-34(53)15-23)19-59-35(63)9-10-36(59)64/h4,8-11,15-16,18,22,25-26,29,32-33,37,47-49,56-57,60-62,66,68-70H,3,5-7,12-14,17,19-21,52-53H2,1-2H3,(H3,54,55,58)/t22-,25+,26-,29-,32+,33?,37+,47+,48+,49+,51+/m0/s1. The van der Waals surface area contributed by atoms with E-state index in [1.807, 2.05) is 18.4 Å². The number of aliphatic hydroxyl groups excluding tert-OH is 5. The van der Waals surface area contributed by atoms with E-state index >= 15 is 9.59 Å². The number of aliphatic imine (C=N–C) groups is 1. The van der Waals surface area contributed by atoms with Gasteiger partial charge in [0.15, 0.2) is 11.7 Å². The molecule has 7 aliphatic rings. The Kier molecular flexibility index (Phi) is 14.3. The zero-order valence-corrected chi connectivity index (χ0v) is 40.3. The van der Waals surface area contributed by atoms with Crippen molar-refractivity contribution in [3.63, 3.8) is 0 Å². The average Bonchev–Trinajstić information content (AvgIpc) is 3.60. The van der Waals surface area contributed by atoms with Crippen molar-refractivity contribution in [2.24, 2.45) is 39.9 Å². The number of carbonyl (C=O) groups is 4. The van der Waals surface area contributed by atoms with E-state index in [1.54, 1.807) is 6.08 Å². The van der Waals surface area contributed by atoms with Crippen LogP contribution in [-0.2, 0) is 27.4 Å². The summed E-state index contributed by atoms with van der Waals surface area (Å²) < 4.78 is 18.0. The van der Waals surface area contributed by atoms with Crippen LogP contribution < -0.4 is 42.6 Å². The number of phenols is 1. The molecule has 1 fully saturated rings. The lowest BCUT2D eigenvalue weighted by molar-refractivity contribution is -0.316. The van der Waals surface area contributed by atoms with Gasteiger partial charge in [-0.25, -0.2) is 0 Å². The van der Waals surface area contributed by atoms with E-state index in [0.717, 1.165) is 22.6 Å². The number of dihydropyridines is 2. The maximum atomic E-state index is 15.6. The van der Waals surface area contributed by atoms with Crippen LogP contribution in [0.3, 0.4) is 0 Å². The molecule has 0 radical (unpaired) electrons. The molecule has 3 aliphatic carbocycles. The summed E-state index contributed by atoms with van der Waals surface area (Å²) in [5.74, 6) is -5.24. The van der Waals surface area contributed by atoms with Gasteiger partial charge in [-0.3, -0.25) is 29.1 Å². The second-order valence-electron chi connectivity index (χ2n) is 19.5. The molecule has 73 heavy (non-hydrogen) atoms. The van der Waals surface area contributed by atoms with E-state index in [4.69, 9.17) is 31.4 Å². The van der Waals surface area contributed by atoms with Crippen molar-refractivity contribution >= 4 is 29.3 Å². The molecular formula is C51H62N8O14. The fraction of sp³-hybridized carbons (Fsp3) is 0.471. The second kappa shape index (κ2) is 20.3. The number of hydrogen-bond acceptors (Lipinski definition) is 19. The zero-order chi connectivity index (χ0) is 52.2. The number of fused-ring (bicyclic) bond motifs is 3. The smallest absolute Gasteiger partial charge is 0.253 e. The summed E-state index contributed by atoms with van der Waals surface area (Å²) in [6, 6.07) is 0.499. The number of hydrogen-bond donors (Lipinski definition) is 13. The maximum Gasteiger partial charge on any atom is 0.253 e. The molecule has 0 spiro atoms. The SMILES string of the molecule is CN=C(N)N[C@H]1CC[C@@H]2c3c(c4c(c(O)c31)C(=O)c1c(O[C@@H]3O[C@H](CO)[C@](O)(C[C@H](CN5C(=O)C=CC5=O)C5=CCNC(N)=C5)[C@H](O)[C@H]3O)cc(OC)c(CO)c1C4=O)CC[C@@H](CCO)[C@@H]2C1=CNC(N)C=C1. The fourth-order valence-corrected chi connectivity index (χ4v) is 12.1. The highest BCUT2D eigenvalue weighted by Gasteiger charge is 2.57. The summed E-state index contributed by atoms with van der Waals surface area (Å²) in [5.41, 5.74) is 17.6. The molecule has 2 aromatic carbocycles. The van der Waals surface area contributed by atoms with Gasteiger partial charge in [0, 0.05) is 79.3 Å². The number of methoxy groups -OCH3 is 1. The zero-order valence-electron chi connectivity index (χ0n) is 40.3. The Balaban J connectivity index is 1.13. The van der Waals surface area contributed by atoms with E-state index in [-0.39, 0.29) is 83.7 Å². The lowest BCUT2D eigenvalue weighted by atomic mass is 9.65. The van der Waals surface area contributed by atoms with Gasteiger partial charge in [-0.1, -0.05) is 12.2 Å². The molecule has 1 unspecified atom stereocenters. The van der Waals surface area contributed by atoms with Gasteiger partial charge in [0.25, 0.3) is 11.8 Å². The molecule has 0 aromatic heterocycles. The van der Waals surface area contributed by atoms with Gasteiger partial charge in [-0.2, -0.15) is 0 Å². The van der Waals surface area contributed by atoms with Crippen molar-refractivity contribution in [1.82, 2.24) is 20.9 Å². The summed E-state index contributed by atoms with van der Waals surface area (Å²) in [4.78, 5) is 61.6. The summed E-state index contributed by atoms with van der Waals surface area (Å²) in [7, 11) is 2.76. The molecule has 390 valence electrons. The Labute approximate surface area is 419 Å². The Bertz CT molecular complexity index is 2780. The fourth-order valence-electron chi connectivity index (χ4n) is 12.1. The minimum absolute atomic E-state index is 0.0627. The predicted molar refractivity (Wildman–Crippen MR) is 260 cm³/mol. The van der Waals surface area contributed by atoms with Crippen LogP contribution in [0.2, 0.25) is 0 Å². The number of nitrogens with two attached hydrogens (primary N) is 3. The van der Waals surface area contributed by atoms with E-state index in [0.29, 0.717) is 47.9 Å². The summed E-state index contributed by atoms with van der Waals surface area (Å²) in [5, 5.41) is 90.3. The van der Waals surface area contributed by atoms with Crippen molar-refractivity contribution in [2.45, 2.75) is 93.5 Å². The van der Waals surface area contributed by atoms with E-state index in [2.05, 4.69) is 20.9 Å². The predicted octanol–water partition coefficient (Wildman–Crippen LogP) is -1.18. The molecular weight excluding hydrogens is 949 g/mol. The third kappa shape index (κ3) is 8.84. The van der Waals surface area contributed by atoms with Gasteiger partial charge in [-0.15, -0.1) is 0 Å². The summed E-state index contributed by atoms with van der Waals surface area (Å²) in [6.45, 7) is -1.92. The number of ether oxygens (including phenoxy) is 3. The van der Waals surface area contributed by atoms with Crippen molar-refractivity contribution in [3.8, 4) is 17.2 Å². The average molecular weight is 1010 g/mol. The van der Waals surface area contributed by atoms with Crippen molar-refractivity contribution in [2.75, 3.05) is 40.5 Å². The molecule has 4 heterocycles. The van der Waals surface area contributed by atoms with Crippen LogP contribution in [0.4, 0.5) is 0 Å². The normalized spacial score (nSPS) is 30.0. The van der Waals surface area contributed by atoms with Crippen molar-refractivity contribution < 1.29 is 69.1 Å². The number of imide groups is 1. The van der Waals surface area contributed by atoms with Gasteiger partial charge >= 0.3 is 0 Å². The first kappa shape index (κ1) is 51.3. The highest BCUT2D eigenvalue weighted by atomic mass is 16.7. The topological polar surface area (TPSA) is 367 Å². The van der Waals surface area contributed by atoms with Gasteiger partial charge < -0.3 is 83.1 Å². The molecule has 1 saturated heterocycles. The number of rotatable bonds is 14. The van der Waals surface area contributed by atoms with Crippen LogP contribution in [0.1, 0.15) is 98.2 Å². The molecule has 11 atom stereocenters. The summed E-state index contributed by atoms with van der Waals surface area (Å²) >= 11 is 0. The molecule has 22 heteroatoms. The van der Waals surface area contributed by atoms with Crippen LogP contribution in [0.25, 0.3) is 0 Å². The maximum absolute atomic E-state index is 15.6. The number of aliphatic hydroxyl groups is 6. The first-order chi connectivity index (χ1) is 35.0. The highest BCUT2D eigenvalue weighted by Crippen LogP contribution is 2.57. The summed E-state index contributed by atoms with van der Waals surface area (Å²) in [6.07, 6.45) is 4.23. The number of amides is 2. The molecule has 0 bridgehead atoms. The molecule has 2 aromatic rings. The molecule has 16 N–H and O–H groups in total. The minimum Gasteiger partial charge on any atom is -0.507 e. The molecule has 9 rings (SSSR count). The Hall–Kier alpha value is -6.63. The van der Waals surface area contributed by atoms with Crippen LogP contribution in [0.15, 0.2) is 70.7 Å². The Morgan fingerprint density at radius 1 is 1.01 bits per heavy atom. The largest absolute Gasteiger partial charge is 0.507 e. The third-order valence-corrected chi connectivity index (χ3v) is 15.6. The number of ketones is 2. The number of benzene rings is 2. The molecule has 2 amide bonds. The number of nitrogens with one attached hydrogen (secondary N) is 3. The Morgan fingerprint density at radius 3 is 2.40 bits per heavy atom. The quantitative estimate of drug-likeness (QED) is 0.0513. The first-order valence-electron chi connectivity index (χ1n) is 24.3. The lowest BCUT2D eigenvalue weighted by Crippen LogP contribution is -2.68. The molecule has 4 aliphatic heterocycles. The van der Waals surface area contributed by atoms with Gasteiger partial charge in [-0.05, 0) is 90.7 Å². The highest BCUT2D eigenvalue weighted by molar-refractivity contribution is 6.31. The van der Waals surface area contributed by atoms with E-state index in [9.17, 15) is 45.3 Å². The monoisotopic (exact) mass is 1010 g/mol. The van der Waals surface area contributed by atoms with E-state index < -0.39 is 108 Å².